The molecule has 0 spiro atoms. The summed E-state index contributed by atoms with van der Waals surface area (Å²) in [7, 11) is 0. The molecule has 7 heteroatoms. The maximum atomic E-state index is 12.5. The summed E-state index contributed by atoms with van der Waals surface area (Å²) >= 11 is 0. The van der Waals surface area contributed by atoms with Crippen molar-refractivity contribution in [2.24, 2.45) is 5.92 Å². The Hall–Kier alpha value is -2.67. The van der Waals surface area contributed by atoms with E-state index in [0.29, 0.717) is 5.92 Å². The van der Waals surface area contributed by atoms with Crippen LogP contribution in [0.2, 0.25) is 0 Å². The minimum Gasteiger partial charge on any atom is -0.348 e. The third-order valence-corrected chi connectivity index (χ3v) is 5.54. The fourth-order valence-corrected chi connectivity index (χ4v) is 3.93. The number of nitrogens with zero attached hydrogens (tertiary/aromatic N) is 2. The first kappa shape index (κ1) is 15.6. The van der Waals surface area contributed by atoms with Crippen molar-refractivity contribution in [1.82, 2.24) is 25.3 Å². The molecule has 1 saturated heterocycles. The Bertz CT molecular complexity index is 925. The van der Waals surface area contributed by atoms with E-state index in [-0.39, 0.29) is 17.7 Å². The van der Waals surface area contributed by atoms with Gasteiger partial charge >= 0.3 is 0 Å². The number of aromatic amines is 2. The summed E-state index contributed by atoms with van der Waals surface area (Å²) in [5, 5.41) is 6.43. The van der Waals surface area contributed by atoms with Crippen molar-refractivity contribution >= 4 is 22.6 Å². The third-order valence-electron chi connectivity index (χ3n) is 5.54. The Morgan fingerprint density at radius 2 is 2.12 bits per heavy atom. The van der Waals surface area contributed by atoms with Crippen molar-refractivity contribution in [2.75, 3.05) is 18.4 Å². The van der Waals surface area contributed by atoms with Gasteiger partial charge in [-0.05, 0) is 50.6 Å². The Morgan fingerprint density at radius 1 is 1.23 bits per heavy atom. The number of piperidine rings is 1. The number of rotatable bonds is 4. The number of amides is 1. The lowest BCUT2D eigenvalue weighted by Gasteiger charge is -2.20. The van der Waals surface area contributed by atoms with Crippen molar-refractivity contribution < 1.29 is 4.79 Å². The van der Waals surface area contributed by atoms with E-state index in [1.54, 1.807) is 12.5 Å². The first-order valence-corrected chi connectivity index (χ1v) is 9.27. The van der Waals surface area contributed by atoms with Gasteiger partial charge in [-0.1, -0.05) is 0 Å². The SMILES string of the molecule is O=C(Nc1ccc2nc(C3CCNCC3)[nH]c2c1)[C@@H]1C[C@H]1c1cnc[nH]1. The van der Waals surface area contributed by atoms with E-state index in [1.165, 1.54) is 0 Å². The van der Waals surface area contributed by atoms with Crippen LogP contribution in [0.15, 0.2) is 30.7 Å². The lowest BCUT2D eigenvalue weighted by molar-refractivity contribution is -0.117. The molecule has 0 bridgehead atoms. The highest BCUT2D eigenvalue weighted by atomic mass is 16.2. The van der Waals surface area contributed by atoms with Gasteiger partial charge in [-0.2, -0.15) is 0 Å². The van der Waals surface area contributed by atoms with Gasteiger partial charge in [0.15, 0.2) is 0 Å². The molecule has 4 N–H and O–H groups in total. The van der Waals surface area contributed by atoms with E-state index in [4.69, 9.17) is 4.98 Å². The molecule has 2 aromatic heterocycles. The highest BCUT2D eigenvalue weighted by molar-refractivity contribution is 5.96. The first-order chi connectivity index (χ1) is 12.8. The number of aromatic nitrogens is 4. The third kappa shape index (κ3) is 2.88. The zero-order valence-corrected chi connectivity index (χ0v) is 14.5. The second-order valence-corrected chi connectivity index (χ2v) is 7.32. The Kier molecular flexibility index (Phi) is 3.74. The Balaban J connectivity index is 1.29. The molecule has 1 saturated carbocycles. The Morgan fingerprint density at radius 3 is 2.92 bits per heavy atom. The molecular weight excluding hydrogens is 328 g/mol. The fourth-order valence-electron chi connectivity index (χ4n) is 3.93. The largest absolute Gasteiger partial charge is 0.348 e. The van der Waals surface area contributed by atoms with E-state index in [0.717, 1.165) is 60.6 Å². The smallest absolute Gasteiger partial charge is 0.228 e. The molecule has 134 valence electrons. The highest BCUT2D eigenvalue weighted by Gasteiger charge is 2.44. The molecule has 3 heterocycles. The molecule has 1 aromatic carbocycles. The van der Waals surface area contributed by atoms with E-state index in [1.807, 2.05) is 18.2 Å². The van der Waals surface area contributed by atoms with Gasteiger partial charge in [0.2, 0.25) is 5.91 Å². The zero-order chi connectivity index (χ0) is 17.5. The minimum absolute atomic E-state index is 0.0261. The van der Waals surface area contributed by atoms with Crippen molar-refractivity contribution in [3.05, 3.63) is 42.2 Å². The number of hydrogen-bond acceptors (Lipinski definition) is 4. The second kappa shape index (κ2) is 6.25. The highest BCUT2D eigenvalue weighted by Crippen LogP contribution is 2.47. The lowest BCUT2D eigenvalue weighted by atomic mass is 9.98. The summed E-state index contributed by atoms with van der Waals surface area (Å²) in [6.07, 6.45) is 6.56. The number of nitrogens with one attached hydrogen (secondary N) is 4. The molecule has 2 atom stereocenters. The van der Waals surface area contributed by atoms with Gasteiger partial charge in [-0.3, -0.25) is 4.79 Å². The van der Waals surface area contributed by atoms with Crippen LogP contribution in [0, 0.1) is 5.92 Å². The van der Waals surface area contributed by atoms with Gasteiger partial charge in [-0.15, -0.1) is 0 Å². The molecule has 2 fully saturated rings. The quantitative estimate of drug-likeness (QED) is 0.581. The minimum atomic E-state index is 0.0261. The predicted molar refractivity (Wildman–Crippen MR) is 99.0 cm³/mol. The first-order valence-electron chi connectivity index (χ1n) is 9.27. The molecule has 5 rings (SSSR count). The normalized spacial score (nSPS) is 23.2. The summed E-state index contributed by atoms with van der Waals surface area (Å²) in [4.78, 5) is 27.8. The van der Waals surface area contributed by atoms with Crippen LogP contribution in [0.1, 0.15) is 42.6 Å². The monoisotopic (exact) mass is 350 g/mol. The molecule has 26 heavy (non-hydrogen) atoms. The van der Waals surface area contributed by atoms with Gasteiger partial charge in [-0.25, -0.2) is 9.97 Å². The molecule has 0 radical (unpaired) electrons. The van der Waals surface area contributed by atoms with Crippen molar-refractivity contribution in [3.63, 3.8) is 0 Å². The Labute approximate surface area is 151 Å². The van der Waals surface area contributed by atoms with Crippen LogP contribution >= 0.6 is 0 Å². The average molecular weight is 350 g/mol. The van der Waals surface area contributed by atoms with Crippen LogP contribution in [0.25, 0.3) is 11.0 Å². The average Bonchev–Trinajstić information content (AvgIpc) is 3.09. The predicted octanol–water partition coefficient (Wildman–Crippen LogP) is 2.50. The molecule has 3 aromatic rings. The van der Waals surface area contributed by atoms with Gasteiger partial charge < -0.3 is 20.6 Å². The number of benzene rings is 1. The topological polar surface area (TPSA) is 98.5 Å². The van der Waals surface area contributed by atoms with Gasteiger partial charge in [0.25, 0.3) is 0 Å². The molecule has 1 aliphatic heterocycles. The number of imidazole rings is 2. The fraction of sp³-hybridized carbons (Fsp3) is 0.421. The summed E-state index contributed by atoms with van der Waals surface area (Å²) in [5.74, 6) is 1.91. The van der Waals surface area contributed by atoms with Crippen LogP contribution in [-0.4, -0.2) is 38.9 Å². The molecular formula is C19H22N6O. The van der Waals surface area contributed by atoms with E-state index < -0.39 is 0 Å². The van der Waals surface area contributed by atoms with Gasteiger partial charge in [0.05, 0.1) is 17.4 Å². The van der Waals surface area contributed by atoms with Crippen molar-refractivity contribution in [1.29, 1.82) is 0 Å². The summed E-state index contributed by atoms with van der Waals surface area (Å²) in [6, 6.07) is 5.89. The number of fused-ring (bicyclic) bond motifs is 1. The maximum Gasteiger partial charge on any atom is 0.228 e. The molecule has 7 nitrogen and oxygen atoms in total. The standard InChI is InChI=1S/C19H22N6O/c26-19(14-8-13(14)17-9-21-10-22-17)23-12-1-2-15-16(7-12)25-18(24-15)11-3-5-20-6-4-11/h1-2,7,9-11,13-14,20H,3-6,8H2,(H,21,22)(H,23,26)(H,24,25)/t13-,14-/m1/s1. The van der Waals surface area contributed by atoms with Gasteiger partial charge in [0.1, 0.15) is 5.82 Å². The van der Waals surface area contributed by atoms with Crippen LogP contribution in [0.5, 0.6) is 0 Å². The molecule has 1 amide bonds. The maximum absolute atomic E-state index is 12.5. The molecule has 1 aliphatic carbocycles. The summed E-state index contributed by atoms with van der Waals surface area (Å²) in [6.45, 7) is 2.09. The van der Waals surface area contributed by atoms with E-state index in [9.17, 15) is 4.79 Å². The number of anilines is 1. The van der Waals surface area contributed by atoms with Crippen LogP contribution < -0.4 is 10.6 Å². The van der Waals surface area contributed by atoms with E-state index >= 15 is 0 Å². The second-order valence-electron chi connectivity index (χ2n) is 7.32. The summed E-state index contributed by atoms with van der Waals surface area (Å²) in [5.41, 5.74) is 3.80. The number of H-pyrrole nitrogens is 2. The van der Waals surface area contributed by atoms with Gasteiger partial charge in [0, 0.05) is 35.3 Å². The number of carbonyl (C=O) groups excluding carboxylic acids is 1. The van der Waals surface area contributed by atoms with E-state index in [2.05, 4.69) is 25.6 Å². The van der Waals surface area contributed by atoms with Crippen molar-refractivity contribution in [2.45, 2.75) is 31.1 Å². The van der Waals surface area contributed by atoms with Crippen LogP contribution in [-0.2, 0) is 4.79 Å². The molecule has 0 unspecified atom stereocenters. The zero-order valence-electron chi connectivity index (χ0n) is 14.5. The molecule has 2 aliphatic rings. The number of carbonyl (C=O) groups is 1. The lowest BCUT2D eigenvalue weighted by Crippen LogP contribution is -2.27. The van der Waals surface area contributed by atoms with Crippen LogP contribution in [0.4, 0.5) is 5.69 Å². The number of hydrogen-bond donors (Lipinski definition) is 4. The van der Waals surface area contributed by atoms with Crippen LogP contribution in [0.3, 0.4) is 0 Å². The van der Waals surface area contributed by atoms with Crippen molar-refractivity contribution in [3.8, 4) is 0 Å². The summed E-state index contributed by atoms with van der Waals surface area (Å²) < 4.78 is 0.